The lowest BCUT2D eigenvalue weighted by Gasteiger charge is -2.31. The number of carbonyl (C=O) groups excluding carboxylic acids is 1. The second kappa shape index (κ2) is 6.67. The molecule has 5 heteroatoms. The molecule has 0 spiro atoms. The summed E-state index contributed by atoms with van der Waals surface area (Å²) in [5.74, 6) is 0.765. The third kappa shape index (κ3) is 3.43. The van der Waals surface area contributed by atoms with E-state index in [1.807, 2.05) is 12.1 Å². The molecule has 0 bridgehead atoms. The first-order valence-electron chi connectivity index (χ1n) is 7.39. The predicted octanol–water partition coefficient (Wildman–Crippen LogP) is 3.02. The number of benzene rings is 1. The van der Waals surface area contributed by atoms with Gasteiger partial charge in [-0.2, -0.15) is 0 Å². The van der Waals surface area contributed by atoms with Crippen LogP contribution in [0.5, 0.6) is 0 Å². The van der Waals surface area contributed by atoms with Crippen molar-refractivity contribution in [3.8, 4) is 0 Å². The zero-order valence-corrected chi connectivity index (χ0v) is 14.6. The molecule has 3 nitrogen and oxygen atoms in total. The summed E-state index contributed by atoms with van der Waals surface area (Å²) in [6.45, 7) is 4.18. The average Bonchev–Trinajstić information content (AvgIpc) is 3.24. The van der Waals surface area contributed by atoms with E-state index in [9.17, 15) is 4.79 Å². The fourth-order valence-corrected chi connectivity index (χ4v) is 3.29. The molecule has 21 heavy (non-hydrogen) atoms. The average molecular weight is 374 g/mol. The van der Waals surface area contributed by atoms with E-state index >= 15 is 0 Å². The molecule has 0 aromatic heterocycles. The van der Waals surface area contributed by atoms with Crippen molar-refractivity contribution in [3.63, 3.8) is 0 Å². The maximum absolute atomic E-state index is 12.7. The highest BCUT2D eigenvalue weighted by atomic mass is 79.9. The van der Waals surface area contributed by atoms with Gasteiger partial charge in [0.15, 0.2) is 0 Å². The zero-order valence-electron chi connectivity index (χ0n) is 12.2. The highest BCUT2D eigenvalue weighted by Gasteiger charge is 2.51. The van der Waals surface area contributed by atoms with Gasteiger partial charge in [-0.1, -0.05) is 35.0 Å². The smallest absolute Gasteiger partial charge is 0.230 e. The molecular formula is C16H22BrClN2O. The van der Waals surface area contributed by atoms with Crippen LogP contribution < -0.4 is 10.6 Å². The van der Waals surface area contributed by atoms with Crippen molar-refractivity contribution >= 4 is 34.2 Å². The minimum atomic E-state index is -0.266. The molecular weight excluding hydrogens is 352 g/mol. The summed E-state index contributed by atoms with van der Waals surface area (Å²) >= 11 is 3.45. The number of amides is 1. The Labute approximate surface area is 140 Å². The molecule has 2 N–H and O–H groups in total. The monoisotopic (exact) mass is 372 g/mol. The van der Waals surface area contributed by atoms with Gasteiger partial charge in [-0.15, -0.1) is 12.4 Å². The molecule has 1 aliphatic heterocycles. The number of nitrogens with one attached hydrogen (secondary N) is 2. The van der Waals surface area contributed by atoms with Crippen LogP contribution in [0.2, 0.25) is 0 Å². The lowest BCUT2D eigenvalue weighted by molar-refractivity contribution is -0.124. The Morgan fingerprint density at radius 2 is 2.00 bits per heavy atom. The predicted molar refractivity (Wildman–Crippen MR) is 90.9 cm³/mol. The van der Waals surface area contributed by atoms with Gasteiger partial charge in [-0.3, -0.25) is 4.79 Å². The highest BCUT2D eigenvalue weighted by molar-refractivity contribution is 9.10. The summed E-state index contributed by atoms with van der Waals surface area (Å²) in [4.78, 5) is 12.7. The van der Waals surface area contributed by atoms with Crippen molar-refractivity contribution in [2.24, 2.45) is 5.92 Å². The standard InChI is InChI=1S/C16H21BrN2O.ClH/c1-11-6-9-18-10-14(11)19-15(20)16(7-8-16)12-2-4-13(17)5-3-12;/h2-5,11,14,18H,6-10H2,1H3,(H,19,20);1H. The van der Waals surface area contributed by atoms with Gasteiger partial charge in [-0.05, 0) is 49.4 Å². The van der Waals surface area contributed by atoms with Gasteiger partial charge in [-0.25, -0.2) is 0 Å². The fraction of sp³-hybridized carbons (Fsp3) is 0.562. The van der Waals surface area contributed by atoms with Crippen LogP contribution in [0.15, 0.2) is 28.7 Å². The quantitative estimate of drug-likeness (QED) is 0.855. The third-order valence-electron chi connectivity index (χ3n) is 4.73. The van der Waals surface area contributed by atoms with Gasteiger partial charge in [0.2, 0.25) is 5.91 Å². The van der Waals surface area contributed by atoms with E-state index in [0.29, 0.717) is 5.92 Å². The van der Waals surface area contributed by atoms with E-state index in [4.69, 9.17) is 0 Å². The first kappa shape index (κ1) is 16.8. The third-order valence-corrected chi connectivity index (χ3v) is 5.25. The molecule has 1 saturated carbocycles. The summed E-state index contributed by atoms with van der Waals surface area (Å²) < 4.78 is 1.06. The van der Waals surface area contributed by atoms with Crippen LogP contribution in [0, 0.1) is 5.92 Å². The van der Waals surface area contributed by atoms with Gasteiger partial charge >= 0.3 is 0 Å². The Morgan fingerprint density at radius 3 is 2.57 bits per heavy atom. The van der Waals surface area contributed by atoms with Crippen molar-refractivity contribution in [1.29, 1.82) is 0 Å². The van der Waals surface area contributed by atoms with E-state index < -0.39 is 0 Å². The number of hydrogen-bond donors (Lipinski definition) is 2. The van der Waals surface area contributed by atoms with Crippen molar-refractivity contribution in [3.05, 3.63) is 34.3 Å². The first-order chi connectivity index (χ1) is 9.62. The van der Waals surface area contributed by atoms with E-state index in [0.717, 1.165) is 42.4 Å². The van der Waals surface area contributed by atoms with Gasteiger partial charge in [0.05, 0.1) is 5.41 Å². The van der Waals surface area contributed by atoms with Gasteiger partial charge in [0, 0.05) is 17.1 Å². The van der Waals surface area contributed by atoms with Crippen LogP contribution in [-0.2, 0) is 10.2 Å². The Balaban J connectivity index is 0.00000161. The van der Waals surface area contributed by atoms with Crippen LogP contribution in [-0.4, -0.2) is 25.0 Å². The molecule has 3 rings (SSSR count). The Kier molecular flexibility index (Phi) is 5.33. The fourth-order valence-electron chi connectivity index (χ4n) is 3.03. The lowest BCUT2D eigenvalue weighted by Crippen LogP contribution is -2.52. The number of rotatable bonds is 3. The minimum Gasteiger partial charge on any atom is -0.351 e. The van der Waals surface area contributed by atoms with Crippen LogP contribution in [0.25, 0.3) is 0 Å². The molecule has 2 fully saturated rings. The largest absolute Gasteiger partial charge is 0.351 e. The lowest BCUT2D eigenvalue weighted by atomic mass is 9.91. The second-order valence-electron chi connectivity index (χ2n) is 6.14. The molecule has 1 heterocycles. The van der Waals surface area contributed by atoms with Crippen LogP contribution in [0.1, 0.15) is 31.7 Å². The van der Waals surface area contributed by atoms with Gasteiger partial charge in [0.25, 0.3) is 0 Å². The number of hydrogen-bond acceptors (Lipinski definition) is 2. The number of halogens is 2. The Hall–Kier alpha value is -0.580. The zero-order chi connectivity index (χ0) is 14.2. The van der Waals surface area contributed by atoms with Crippen molar-refractivity contribution in [2.75, 3.05) is 13.1 Å². The van der Waals surface area contributed by atoms with E-state index in [1.165, 1.54) is 0 Å². The topological polar surface area (TPSA) is 41.1 Å². The number of carbonyl (C=O) groups is 1. The molecule has 1 saturated heterocycles. The van der Waals surface area contributed by atoms with Crippen LogP contribution in [0.3, 0.4) is 0 Å². The van der Waals surface area contributed by atoms with E-state index in [1.54, 1.807) is 0 Å². The second-order valence-corrected chi connectivity index (χ2v) is 7.05. The molecule has 1 amide bonds. The number of piperidine rings is 1. The summed E-state index contributed by atoms with van der Waals surface area (Å²) in [5.41, 5.74) is 0.882. The maximum Gasteiger partial charge on any atom is 0.230 e. The molecule has 1 aromatic rings. The molecule has 1 aromatic carbocycles. The first-order valence-corrected chi connectivity index (χ1v) is 8.19. The Bertz CT molecular complexity index is 502. The van der Waals surface area contributed by atoms with Crippen molar-refractivity contribution in [1.82, 2.24) is 10.6 Å². The van der Waals surface area contributed by atoms with Crippen LogP contribution >= 0.6 is 28.3 Å². The van der Waals surface area contributed by atoms with Gasteiger partial charge in [0.1, 0.15) is 0 Å². The van der Waals surface area contributed by atoms with Crippen LogP contribution in [0.4, 0.5) is 0 Å². The van der Waals surface area contributed by atoms with Crippen molar-refractivity contribution < 1.29 is 4.79 Å². The molecule has 2 unspecified atom stereocenters. The molecule has 0 radical (unpaired) electrons. The van der Waals surface area contributed by atoms with Gasteiger partial charge < -0.3 is 10.6 Å². The SMILES string of the molecule is CC1CCNCC1NC(=O)C1(c2ccc(Br)cc2)CC1.Cl. The van der Waals surface area contributed by atoms with E-state index in [2.05, 4.69) is 45.6 Å². The Morgan fingerprint density at radius 1 is 1.33 bits per heavy atom. The normalized spacial score (nSPS) is 26.6. The summed E-state index contributed by atoms with van der Waals surface area (Å²) in [6.07, 6.45) is 3.07. The highest BCUT2D eigenvalue weighted by Crippen LogP contribution is 2.48. The summed E-state index contributed by atoms with van der Waals surface area (Å²) in [7, 11) is 0. The van der Waals surface area contributed by atoms with E-state index in [-0.39, 0.29) is 29.8 Å². The summed E-state index contributed by atoms with van der Waals surface area (Å²) in [5, 5.41) is 6.64. The molecule has 116 valence electrons. The minimum absolute atomic E-state index is 0. The molecule has 2 atom stereocenters. The molecule has 2 aliphatic rings. The molecule has 1 aliphatic carbocycles. The maximum atomic E-state index is 12.7. The summed E-state index contributed by atoms with van der Waals surface area (Å²) in [6, 6.07) is 8.45. The van der Waals surface area contributed by atoms with Crippen molar-refractivity contribution in [2.45, 2.75) is 37.6 Å².